The Morgan fingerprint density at radius 2 is 2.21 bits per heavy atom. The number of rotatable bonds is 3. The van der Waals surface area contributed by atoms with Crippen LogP contribution in [0, 0.1) is 0 Å². The molecule has 0 aliphatic rings. The molecule has 1 rings (SSSR count). The number of carbonyl (C=O) groups is 1. The number of carbonyl (C=O) groups excluding carboxylic acids is 1. The highest BCUT2D eigenvalue weighted by Gasteiger charge is 2.12. The van der Waals surface area contributed by atoms with Crippen molar-refractivity contribution in [3.63, 3.8) is 0 Å². The van der Waals surface area contributed by atoms with Gasteiger partial charge < -0.3 is 11.1 Å². The van der Waals surface area contributed by atoms with Crippen molar-refractivity contribution in [2.75, 3.05) is 0 Å². The van der Waals surface area contributed by atoms with Crippen LogP contribution in [0.3, 0.4) is 0 Å². The maximum Gasteiger partial charge on any atom is 0.237 e. The summed E-state index contributed by atoms with van der Waals surface area (Å²) in [7, 11) is 0. The summed E-state index contributed by atoms with van der Waals surface area (Å²) in [6, 6.07) is 5.00. The molecule has 1 aromatic rings. The van der Waals surface area contributed by atoms with Gasteiger partial charge in [-0.25, -0.2) is 0 Å². The zero-order chi connectivity index (χ0) is 10.6. The van der Waals surface area contributed by atoms with E-state index in [1.54, 1.807) is 13.1 Å². The average molecular weight is 193 g/mol. The van der Waals surface area contributed by atoms with Crippen LogP contribution >= 0.6 is 0 Å². The summed E-state index contributed by atoms with van der Waals surface area (Å²) in [5.74, 6) is -0.164. The summed E-state index contributed by atoms with van der Waals surface area (Å²) in [4.78, 5) is 15.4. The standard InChI is InChI=1S/C10H15N3O/c1-7(11)10(14)13-8(2)9-5-3-4-6-12-9/h3-8H,11H2,1-2H3,(H,13,14)/t7-,8?/m1/s1. The molecule has 14 heavy (non-hydrogen) atoms. The third-order valence-electron chi connectivity index (χ3n) is 1.90. The number of nitrogens with two attached hydrogens (primary N) is 1. The van der Waals surface area contributed by atoms with Gasteiger partial charge in [0.05, 0.1) is 17.8 Å². The van der Waals surface area contributed by atoms with E-state index < -0.39 is 6.04 Å². The highest BCUT2D eigenvalue weighted by Crippen LogP contribution is 2.07. The highest BCUT2D eigenvalue weighted by atomic mass is 16.2. The zero-order valence-electron chi connectivity index (χ0n) is 8.40. The quantitative estimate of drug-likeness (QED) is 0.739. The molecule has 0 aromatic carbocycles. The molecule has 1 heterocycles. The molecule has 1 unspecified atom stereocenters. The van der Waals surface area contributed by atoms with Gasteiger partial charge in [-0.05, 0) is 26.0 Å². The van der Waals surface area contributed by atoms with Crippen LogP contribution in [0.5, 0.6) is 0 Å². The first-order valence-electron chi connectivity index (χ1n) is 4.58. The molecule has 0 aliphatic heterocycles. The minimum Gasteiger partial charge on any atom is -0.347 e. The van der Waals surface area contributed by atoms with Crippen LogP contribution < -0.4 is 11.1 Å². The fraction of sp³-hybridized carbons (Fsp3) is 0.400. The van der Waals surface area contributed by atoms with E-state index in [1.807, 2.05) is 25.1 Å². The van der Waals surface area contributed by atoms with Crippen molar-refractivity contribution in [1.82, 2.24) is 10.3 Å². The van der Waals surface area contributed by atoms with Gasteiger partial charge in [-0.1, -0.05) is 6.07 Å². The molecular weight excluding hydrogens is 178 g/mol. The van der Waals surface area contributed by atoms with E-state index in [0.717, 1.165) is 5.69 Å². The van der Waals surface area contributed by atoms with E-state index in [9.17, 15) is 4.79 Å². The number of pyridine rings is 1. The van der Waals surface area contributed by atoms with Gasteiger partial charge >= 0.3 is 0 Å². The highest BCUT2D eigenvalue weighted by molar-refractivity contribution is 5.81. The van der Waals surface area contributed by atoms with Crippen molar-refractivity contribution in [2.45, 2.75) is 25.9 Å². The van der Waals surface area contributed by atoms with Crippen molar-refractivity contribution in [1.29, 1.82) is 0 Å². The predicted molar refractivity (Wildman–Crippen MR) is 54.4 cm³/mol. The molecule has 4 heteroatoms. The lowest BCUT2D eigenvalue weighted by Gasteiger charge is -2.14. The number of hydrogen-bond donors (Lipinski definition) is 2. The largest absolute Gasteiger partial charge is 0.347 e. The Morgan fingerprint density at radius 3 is 2.71 bits per heavy atom. The van der Waals surface area contributed by atoms with Gasteiger partial charge in [0.25, 0.3) is 0 Å². The predicted octanol–water partition coefficient (Wildman–Crippen LogP) is 0.606. The number of hydrogen-bond acceptors (Lipinski definition) is 3. The Balaban J connectivity index is 2.59. The van der Waals surface area contributed by atoms with Crippen LogP contribution in [0.2, 0.25) is 0 Å². The van der Waals surface area contributed by atoms with Gasteiger partial charge in [0.1, 0.15) is 0 Å². The molecule has 4 nitrogen and oxygen atoms in total. The third kappa shape index (κ3) is 2.81. The molecule has 0 aliphatic carbocycles. The van der Waals surface area contributed by atoms with E-state index >= 15 is 0 Å². The second-order valence-corrected chi connectivity index (χ2v) is 3.27. The number of nitrogens with zero attached hydrogens (tertiary/aromatic N) is 1. The maximum atomic E-state index is 11.3. The van der Waals surface area contributed by atoms with Crippen molar-refractivity contribution >= 4 is 5.91 Å². The molecule has 0 spiro atoms. The summed E-state index contributed by atoms with van der Waals surface area (Å²) in [5.41, 5.74) is 6.26. The Labute approximate surface area is 83.5 Å². The van der Waals surface area contributed by atoms with Crippen LogP contribution in [-0.4, -0.2) is 16.9 Å². The summed E-state index contributed by atoms with van der Waals surface area (Å²) in [6.45, 7) is 3.53. The molecule has 0 radical (unpaired) electrons. The minimum atomic E-state index is -0.485. The average Bonchev–Trinajstić information content (AvgIpc) is 2.19. The smallest absolute Gasteiger partial charge is 0.237 e. The van der Waals surface area contributed by atoms with Crippen LogP contribution in [0.1, 0.15) is 25.6 Å². The fourth-order valence-corrected chi connectivity index (χ4v) is 1.05. The van der Waals surface area contributed by atoms with Crippen molar-refractivity contribution in [3.8, 4) is 0 Å². The number of aromatic nitrogens is 1. The number of nitrogens with one attached hydrogen (secondary N) is 1. The molecule has 1 amide bonds. The van der Waals surface area contributed by atoms with Crippen LogP contribution in [0.25, 0.3) is 0 Å². The topological polar surface area (TPSA) is 68.0 Å². The normalized spacial score (nSPS) is 14.5. The Hall–Kier alpha value is -1.42. The maximum absolute atomic E-state index is 11.3. The first kappa shape index (κ1) is 10.7. The molecule has 0 saturated heterocycles. The van der Waals surface area contributed by atoms with Crippen LogP contribution in [0.4, 0.5) is 0 Å². The lowest BCUT2D eigenvalue weighted by Crippen LogP contribution is -2.39. The van der Waals surface area contributed by atoms with Gasteiger partial charge in [0, 0.05) is 6.20 Å². The first-order valence-corrected chi connectivity index (χ1v) is 4.58. The Morgan fingerprint density at radius 1 is 1.50 bits per heavy atom. The Kier molecular flexibility index (Phi) is 3.59. The molecule has 3 N–H and O–H groups in total. The molecule has 76 valence electrons. The second kappa shape index (κ2) is 4.72. The van der Waals surface area contributed by atoms with Gasteiger partial charge in [-0.2, -0.15) is 0 Å². The van der Waals surface area contributed by atoms with Crippen molar-refractivity contribution in [2.24, 2.45) is 5.73 Å². The SMILES string of the molecule is CC(NC(=O)[C@@H](C)N)c1ccccn1. The fourth-order valence-electron chi connectivity index (χ4n) is 1.05. The molecule has 0 saturated carbocycles. The van der Waals surface area contributed by atoms with E-state index in [-0.39, 0.29) is 11.9 Å². The molecule has 2 atom stereocenters. The van der Waals surface area contributed by atoms with Gasteiger partial charge in [-0.15, -0.1) is 0 Å². The number of amides is 1. The van der Waals surface area contributed by atoms with Crippen molar-refractivity contribution < 1.29 is 4.79 Å². The van der Waals surface area contributed by atoms with E-state index in [0.29, 0.717) is 0 Å². The van der Waals surface area contributed by atoms with Crippen LogP contribution in [0.15, 0.2) is 24.4 Å². The van der Waals surface area contributed by atoms with E-state index in [1.165, 1.54) is 0 Å². The second-order valence-electron chi connectivity index (χ2n) is 3.27. The van der Waals surface area contributed by atoms with Gasteiger partial charge in [0.2, 0.25) is 5.91 Å². The lowest BCUT2D eigenvalue weighted by molar-refractivity contribution is -0.122. The van der Waals surface area contributed by atoms with Gasteiger partial charge in [-0.3, -0.25) is 9.78 Å². The van der Waals surface area contributed by atoms with E-state index in [4.69, 9.17) is 5.73 Å². The summed E-state index contributed by atoms with van der Waals surface area (Å²) in [5, 5.41) is 2.77. The van der Waals surface area contributed by atoms with E-state index in [2.05, 4.69) is 10.3 Å². The summed E-state index contributed by atoms with van der Waals surface area (Å²) in [6.07, 6.45) is 1.70. The molecule has 0 bridgehead atoms. The third-order valence-corrected chi connectivity index (χ3v) is 1.90. The van der Waals surface area contributed by atoms with Crippen LogP contribution in [-0.2, 0) is 4.79 Å². The Bertz CT molecular complexity index is 297. The zero-order valence-corrected chi connectivity index (χ0v) is 8.40. The van der Waals surface area contributed by atoms with Gasteiger partial charge in [0.15, 0.2) is 0 Å². The molecule has 1 aromatic heterocycles. The van der Waals surface area contributed by atoms with Crippen molar-refractivity contribution in [3.05, 3.63) is 30.1 Å². The molecular formula is C10H15N3O. The lowest BCUT2D eigenvalue weighted by atomic mass is 10.2. The molecule has 0 fully saturated rings. The summed E-state index contributed by atoms with van der Waals surface area (Å²) < 4.78 is 0. The monoisotopic (exact) mass is 193 g/mol. The minimum absolute atomic E-state index is 0.102. The summed E-state index contributed by atoms with van der Waals surface area (Å²) >= 11 is 0. The first-order chi connectivity index (χ1) is 6.61.